The van der Waals surface area contributed by atoms with E-state index in [4.69, 9.17) is 9.47 Å². The molecule has 4 rings (SSSR count). The number of aromatic nitrogens is 1. The van der Waals surface area contributed by atoms with Crippen LogP contribution in [0.3, 0.4) is 0 Å². The number of methoxy groups -OCH3 is 1. The Morgan fingerprint density at radius 3 is 2.81 bits per heavy atom. The smallest absolute Gasteiger partial charge is 0.328 e. The molecule has 1 N–H and O–H groups in total. The molecule has 1 aromatic carbocycles. The maximum Gasteiger partial charge on any atom is 0.328 e. The summed E-state index contributed by atoms with van der Waals surface area (Å²) in [6, 6.07) is 6.27. The van der Waals surface area contributed by atoms with E-state index >= 15 is 0 Å². The number of rotatable bonds is 4. The minimum Gasteiger partial charge on any atom is -0.497 e. The van der Waals surface area contributed by atoms with Crippen molar-refractivity contribution in [3.05, 3.63) is 35.5 Å². The molecule has 2 fully saturated rings. The van der Waals surface area contributed by atoms with E-state index in [0.29, 0.717) is 29.2 Å². The van der Waals surface area contributed by atoms with Crippen LogP contribution in [0.2, 0.25) is 0 Å². The maximum absolute atomic E-state index is 13.3. The van der Waals surface area contributed by atoms with Crippen molar-refractivity contribution in [1.82, 2.24) is 9.88 Å². The van der Waals surface area contributed by atoms with Gasteiger partial charge >= 0.3 is 5.97 Å². The second-order valence-electron chi connectivity index (χ2n) is 6.68. The zero-order valence-corrected chi connectivity index (χ0v) is 14.5. The van der Waals surface area contributed by atoms with Crippen molar-refractivity contribution < 1.29 is 24.2 Å². The van der Waals surface area contributed by atoms with Gasteiger partial charge < -0.3 is 19.5 Å². The van der Waals surface area contributed by atoms with Gasteiger partial charge in [-0.25, -0.2) is 4.79 Å². The average molecular weight is 356 g/mol. The summed E-state index contributed by atoms with van der Waals surface area (Å²) in [7, 11) is 1.57. The minimum atomic E-state index is -1.06. The molecule has 0 radical (unpaired) electrons. The van der Waals surface area contributed by atoms with E-state index in [1.165, 1.54) is 4.90 Å². The van der Waals surface area contributed by atoms with Crippen molar-refractivity contribution in [3.63, 3.8) is 0 Å². The monoisotopic (exact) mass is 356 g/mol. The van der Waals surface area contributed by atoms with Crippen LogP contribution in [0.4, 0.5) is 0 Å². The summed E-state index contributed by atoms with van der Waals surface area (Å²) in [5, 5.41) is 10.1. The zero-order chi connectivity index (χ0) is 18.3. The van der Waals surface area contributed by atoms with Gasteiger partial charge in [0.1, 0.15) is 5.75 Å². The molecule has 2 aromatic rings. The Labute approximate surface area is 150 Å². The number of carbonyl (C=O) groups is 2. The first-order chi connectivity index (χ1) is 12.6. The molecule has 7 heteroatoms. The zero-order valence-electron chi connectivity index (χ0n) is 14.5. The number of carbonyl (C=O) groups excluding carboxylic acids is 1. The molecule has 1 amide bonds. The van der Waals surface area contributed by atoms with Gasteiger partial charge in [-0.05, 0) is 37.1 Å². The number of fused-ring (bicyclic) bond motifs is 1. The van der Waals surface area contributed by atoms with Gasteiger partial charge in [0.2, 0.25) is 0 Å². The highest BCUT2D eigenvalue weighted by Gasteiger charge is 2.35. The average Bonchev–Trinajstić information content (AvgIpc) is 3.51. The van der Waals surface area contributed by atoms with E-state index in [1.54, 1.807) is 13.2 Å². The van der Waals surface area contributed by atoms with E-state index in [2.05, 4.69) is 4.98 Å². The number of hydrogen-bond acceptors (Lipinski definition) is 5. The first kappa shape index (κ1) is 16.8. The number of hydrogen-bond donors (Lipinski definition) is 1. The van der Waals surface area contributed by atoms with Gasteiger partial charge in [-0.3, -0.25) is 9.78 Å². The first-order valence-corrected chi connectivity index (χ1v) is 8.68. The van der Waals surface area contributed by atoms with Crippen LogP contribution in [-0.2, 0) is 9.53 Å². The van der Waals surface area contributed by atoms with Gasteiger partial charge in [0, 0.05) is 23.5 Å². The Bertz CT molecular complexity index is 878. The predicted molar refractivity (Wildman–Crippen MR) is 93.5 cm³/mol. The van der Waals surface area contributed by atoms with Gasteiger partial charge in [0.25, 0.3) is 5.91 Å². The summed E-state index contributed by atoms with van der Waals surface area (Å²) in [5.74, 6) is -0.350. The molecule has 2 aliphatic rings. The van der Waals surface area contributed by atoms with Crippen LogP contribution in [0.15, 0.2) is 24.3 Å². The molecule has 26 heavy (non-hydrogen) atoms. The highest BCUT2D eigenvalue weighted by atomic mass is 16.5. The Hall–Kier alpha value is -2.67. The van der Waals surface area contributed by atoms with Gasteiger partial charge in [0.05, 0.1) is 31.4 Å². The van der Waals surface area contributed by atoms with E-state index in [-0.39, 0.29) is 19.1 Å². The standard InChI is InChI=1S/C19H20N2O5/c1-25-12-4-5-15-13(8-12)14(9-16(20-15)11-2-3-11)18(22)21-6-7-26-10-17(21)19(23)24/h4-5,8-9,11,17H,2-3,6-7,10H2,1H3,(H,23,24). The fourth-order valence-electron chi connectivity index (χ4n) is 3.32. The van der Waals surface area contributed by atoms with Gasteiger partial charge in [-0.15, -0.1) is 0 Å². The molecular weight excluding hydrogens is 336 g/mol. The predicted octanol–water partition coefficient (Wildman–Crippen LogP) is 2.05. The molecular formula is C19H20N2O5. The number of carboxylic acids is 1. The third-order valence-electron chi connectivity index (χ3n) is 4.94. The van der Waals surface area contributed by atoms with Crippen LogP contribution in [0, 0.1) is 0 Å². The number of pyridine rings is 1. The molecule has 1 atom stereocenters. The van der Waals surface area contributed by atoms with Crippen molar-refractivity contribution in [2.24, 2.45) is 0 Å². The number of amides is 1. The summed E-state index contributed by atoms with van der Waals surface area (Å²) in [4.78, 5) is 30.9. The number of morpholine rings is 1. The Kier molecular flexibility index (Phi) is 4.24. The Balaban J connectivity index is 1.82. The quantitative estimate of drug-likeness (QED) is 0.902. The lowest BCUT2D eigenvalue weighted by Crippen LogP contribution is -2.52. The third-order valence-corrected chi connectivity index (χ3v) is 4.94. The van der Waals surface area contributed by atoms with Gasteiger partial charge in [-0.1, -0.05) is 0 Å². The van der Waals surface area contributed by atoms with Crippen molar-refractivity contribution >= 4 is 22.8 Å². The molecule has 1 saturated carbocycles. The topological polar surface area (TPSA) is 89.0 Å². The van der Waals surface area contributed by atoms with Crippen molar-refractivity contribution in [2.45, 2.75) is 24.8 Å². The fraction of sp³-hybridized carbons (Fsp3) is 0.421. The SMILES string of the molecule is COc1ccc2nc(C3CC3)cc(C(=O)N3CCOCC3C(=O)O)c2c1. The second kappa shape index (κ2) is 6.57. The number of aliphatic carboxylic acids is 1. The number of ether oxygens (including phenoxy) is 2. The highest BCUT2D eigenvalue weighted by Crippen LogP contribution is 2.40. The Morgan fingerprint density at radius 2 is 2.12 bits per heavy atom. The number of carboxylic acid groups (broad SMARTS) is 1. The number of benzene rings is 1. The molecule has 136 valence electrons. The molecule has 0 spiro atoms. The molecule has 2 heterocycles. The summed E-state index contributed by atoms with van der Waals surface area (Å²) >= 11 is 0. The van der Waals surface area contributed by atoms with Crippen LogP contribution in [0.5, 0.6) is 5.75 Å². The van der Waals surface area contributed by atoms with Crippen LogP contribution in [0.25, 0.3) is 10.9 Å². The summed E-state index contributed by atoms with van der Waals surface area (Å²) in [6.07, 6.45) is 2.13. The lowest BCUT2D eigenvalue weighted by Gasteiger charge is -2.33. The summed E-state index contributed by atoms with van der Waals surface area (Å²) < 4.78 is 10.5. The third kappa shape index (κ3) is 2.99. The molecule has 1 unspecified atom stereocenters. The molecule has 7 nitrogen and oxygen atoms in total. The van der Waals surface area contributed by atoms with Gasteiger partial charge in [-0.2, -0.15) is 0 Å². The lowest BCUT2D eigenvalue weighted by molar-refractivity contribution is -0.147. The molecule has 1 aliphatic carbocycles. The van der Waals surface area contributed by atoms with E-state index in [1.807, 2.05) is 18.2 Å². The van der Waals surface area contributed by atoms with Crippen molar-refractivity contribution in [1.29, 1.82) is 0 Å². The largest absolute Gasteiger partial charge is 0.497 e. The van der Waals surface area contributed by atoms with E-state index in [0.717, 1.165) is 24.1 Å². The molecule has 0 bridgehead atoms. The fourth-order valence-corrected chi connectivity index (χ4v) is 3.32. The molecule has 1 saturated heterocycles. The maximum atomic E-state index is 13.3. The lowest BCUT2D eigenvalue weighted by atomic mass is 10.0. The normalized spacial score (nSPS) is 20.2. The van der Waals surface area contributed by atoms with Gasteiger partial charge in [0.15, 0.2) is 6.04 Å². The molecule has 1 aliphatic heterocycles. The first-order valence-electron chi connectivity index (χ1n) is 8.68. The summed E-state index contributed by atoms with van der Waals surface area (Å²) in [5.41, 5.74) is 2.09. The summed E-state index contributed by atoms with van der Waals surface area (Å²) in [6.45, 7) is 0.586. The highest BCUT2D eigenvalue weighted by molar-refractivity contribution is 6.07. The number of nitrogens with zero attached hydrogens (tertiary/aromatic N) is 2. The second-order valence-corrected chi connectivity index (χ2v) is 6.68. The van der Waals surface area contributed by atoms with E-state index < -0.39 is 12.0 Å². The minimum absolute atomic E-state index is 0.00287. The van der Waals surface area contributed by atoms with Crippen molar-refractivity contribution in [2.75, 3.05) is 26.9 Å². The molecule has 1 aromatic heterocycles. The van der Waals surface area contributed by atoms with Crippen molar-refractivity contribution in [3.8, 4) is 5.75 Å². The van der Waals surface area contributed by atoms with Crippen LogP contribution in [0.1, 0.15) is 34.8 Å². The van der Waals surface area contributed by atoms with E-state index in [9.17, 15) is 14.7 Å². The van der Waals surface area contributed by atoms with Crippen LogP contribution >= 0.6 is 0 Å². The Morgan fingerprint density at radius 1 is 1.31 bits per heavy atom. The van der Waals surface area contributed by atoms with Crippen LogP contribution < -0.4 is 4.74 Å². The van der Waals surface area contributed by atoms with Crippen LogP contribution in [-0.4, -0.2) is 59.8 Å².